The summed E-state index contributed by atoms with van der Waals surface area (Å²) in [7, 11) is 6.64. The van der Waals surface area contributed by atoms with Crippen molar-refractivity contribution < 1.29 is 4.79 Å². The molecular formula is C8H9BN2O. The Kier molecular flexibility index (Phi) is 2.48. The maximum atomic E-state index is 10.7. The van der Waals surface area contributed by atoms with Crippen LogP contribution in [0.4, 0.5) is 10.6 Å². The lowest BCUT2D eigenvalue weighted by Gasteiger charge is -2.13. The van der Waals surface area contributed by atoms with Gasteiger partial charge in [0.25, 0.3) is 0 Å². The average Bonchev–Trinajstić information content (AvgIpc) is 2.04. The van der Waals surface area contributed by atoms with Gasteiger partial charge in [-0.05, 0) is 18.6 Å². The average molecular weight is 160 g/mol. The molecular weight excluding hydrogens is 151 g/mol. The minimum absolute atomic E-state index is 0.508. The molecule has 0 spiro atoms. The van der Waals surface area contributed by atoms with E-state index in [2.05, 4.69) is 4.98 Å². The molecule has 0 bridgehead atoms. The molecule has 0 fully saturated rings. The van der Waals surface area contributed by atoms with Crippen LogP contribution in [-0.2, 0) is 0 Å². The molecule has 0 saturated heterocycles. The van der Waals surface area contributed by atoms with Gasteiger partial charge < -0.3 is 4.90 Å². The zero-order chi connectivity index (χ0) is 9.14. The normalized spacial score (nSPS) is 9.50. The number of carbonyl (C=O) groups excluding carboxylic acids is 1. The predicted molar refractivity (Wildman–Crippen MR) is 48.5 cm³/mol. The fourth-order valence-corrected chi connectivity index (χ4v) is 0.771. The van der Waals surface area contributed by atoms with Crippen molar-refractivity contribution in [2.45, 2.75) is 6.92 Å². The van der Waals surface area contributed by atoms with Crippen molar-refractivity contribution >= 4 is 19.5 Å². The molecule has 0 aliphatic heterocycles. The Morgan fingerprint density at radius 2 is 2.25 bits per heavy atom. The van der Waals surface area contributed by atoms with E-state index in [9.17, 15) is 4.79 Å². The van der Waals surface area contributed by atoms with E-state index in [-0.39, 0.29) is 0 Å². The summed E-state index contributed by atoms with van der Waals surface area (Å²) < 4.78 is 0. The molecule has 1 aromatic rings. The third-order valence-electron chi connectivity index (χ3n) is 1.57. The maximum Gasteiger partial charge on any atom is 0.201 e. The zero-order valence-electron chi connectivity index (χ0n) is 7.11. The zero-order valence-corrected chi connectivity index (χ0v) is 7.11. The monoisotopic (exact) mass is 160 g/mol. The number of carbonyl (C=O) groups is 1. The van der Waals surface area contributed by atoms with Gasteiger partial charge in [-0.15, -0.1) is 0 Å². The van der Waals surface area contributed by atoms with Crippen LogP contribution in [0.15, 0.2) is 18.3 Å². The second-order valence-corrected chi connectivity index (χ2v) is 2.59. The summed E-state index contributed by atoms with van der Waals surface area (Å²) in [5.74, 6) is 0.0550. The number of aryl methyl sites for hydroxylation is 1. The molecule has 60 valence electrons. The number of aromatic nitrogens is 1. The van der Waals surface area contributed by atoms with Crippen molar-refractivity contribution in [1.29, 1.82) is 0 Å². The summed E-state index contributed by atoms with van der Waals surface area (Å²) in [5, 5.41) is 0. The first-order valence-corrected chi connectivity index (χ1v) is 3.57. The Balaban J connectivity index is 2.89. The topological polar surface area (TPSA) is 33.2 Å². The van der Waals surface area contributed by atoms with Crippen LogP contribution in [0.25, 0.3) is 0 Å². The van der Waals surface area contributed by atoms with E-state index in [0.717, 1.165) is 5.56 Å². The quantitative estimate of drug-likeness (QED) is 0.576. The Morgan fingerprint density at radius 3 is 2.67 bits per heavy atom. The van der Waals surface area contributed by atoms with E-state index >= 15 is 0 Å². The minimum atomic E-state index is -0.508. The fourth-order valence-electron chi connectivity index (χ4n) is 0.771. The molecule has 2 radical (unpaired) electrons. The number of pyridine rings is 1. The number of hydrogen-bond acceptors (Lipinski definition) is 2. The Morgan fingerprint density at radius 1 is 1.58 bits per heavy atom. The highest BCUT2D eigenvalue weighted by Crippen LogP contribution is 2.08. The molecule has 1 heterocycles. The van der Waals surface area contributed by atoms with E-state index in [1.807, 2.05) is 13.0 Å². The molecule has 12 heavy (non-hydrogen) atoms. The second-order valence-electron chi connectivity index (χ2n) is 2.59. The van der Waals surface area contributed by atoms with Crippen LogP contribution in [0.5, 0.6) is 0 Å². The minimum Gasteiger partial charge on any atom is -0.310 e. The van der Waals surface area contributed by atoms with E-state index in [1.54, 1.807) is 19.3 Å². The van der Waals surface area contributed by atoms with Crippen LogP contribution in [0, 0.1) is 6.92 Å². The molecule has 0 aromatic carbocycles. The predicted octanol–water partition coefficient (Wildman–Crippen LogP) is 1.11. The highest BCUT2D eigenvalue weighted by molar-refractivity contribution is 6.60. The van der Waals surface area contributed by atoms with Gasteiger partial charge in [-0.3, -0.25) is 4.79 Å². The number of rotatable bonds is 1. The van der Waals surface area contributed by atoms with Gasteiger partial charge in [-0.2, -0.15) is 0 Å². The van der Waals surface area contributed by atoms with Gasteiger partial charge in [0, 0.05) is 13.2 Å². The molecule has 0 atom stereocenters. The largest absolute Gasteiger partial charge is 0.310 e. The Labute approximate surface area is 72.8 Å². The van der Waals surface area contributed by atoms with Crippen LogP contribution < -0.4 is 4.90 Å². The van der Waals surface area contributed by atoms with E-state index in [0.29, 0.717) is 5.82 Å². The van der Waals surface area contributed by atoms with Crippen molar-refractivity contribution in [3.05, 3.63) is 23.9 Å². The Bertz CT molecular complexity index is 284. The van der Waals surface area contributed by atoms with Gasteiger partial charge in [0.2, 0.25) is 7.85 Å². The fraction of sp³-hybridized carbons (Fsp3) is 0.250. The SMILES string of the molecule is [B]C(=O)N(C)c1ccc(C)cn1. The second kappa shape index (κ2) is 3.39. The number of hydrogen-bond donors (Lipinski definition) is 0. The third kappa shape index (κ3) is 1.84. The molecule has 0 saturated carbocycles. The number of anilines is 1. The van der Waals surface area contributed by atoms with Gasteiger partial charge in [0.05, 0.1) is 0 Å². The smallest absolute Gasteiger partial charge is 0.201 e. The van der Waals surface area contributed by atoms with Crippen molar-refractivity contribution in [3.8, 4) is 0 Å². The lowest BCUT2D eigenvalue weighted by Crippen LogP contribution is -2.25. The molecule has 4 heteroatoms. The maximum absolute atomic E-state index is 10.7. The van der Waals surface area contributed by atoms with Crippen molar-refractivity contribution in [2.75, 3.05) is 11.9 Å². The molecule has 1 aromatic heterocycles. The molecule has 0 unspecified atom stereocenters. The summed E-state index contributed by atoms with van der Waals surface area (Å²) in [6.45, 7) is 1.93. The van der Waals surface area contributed by atoms with Crippen LogP contribution in [-0.4, -0.2) is 25.7 Å². The summed E-state index contributed by atoms with van der Waals surface area (Å²) in [6.07, 6.45) is 1.69. The summed E-state index contributed by atoms with van der Waals surface area (Å²) >= 11 is 0. The van der Waals surface area contributed by atoms with Crippen LogP contribution in [0.1, 0.15) is 5.56 Å². The third-order valence-corrected chi connectivity index (χ3v) is 1.57. The molecule has 0 N–H and O–H groups in total. The number of amides is 1. The van der Waals surface area contributed by atoms with Crippen LogP contribution >= 0.6 is 0 Å². The van der Waals surface area contributed by atoms with E-state index in [1.165, 1.54) is 4.90 Å². The van der Waals surface area contributed by atoms with Crippen molar-refractivity contribution in [2.24, 2.45) is 0 Å². The van der Waals surface area contributed by atoms with Gasteiger partial charge in [-0.25, -0.2) is 4.98 Å². The molecule has 3 nitrogen and oxygen atoms in total. The Hall–Kier alpha value is -1.32. The summed E-state index contributed by atoms with van der Waals surface area (Å²) in [6, 6.07) is 3.63. The van der Waals surface area contributed by atoms with Crippen LogP contribution in [0.3, 0.4) is 0 Å². The summed E-state index contributed by atoms with van der Waals surface area (Å²) in [4.78, 5) is 16.0. The van der Waals surface area contributed by atoms with Gasteiger partial charge in [0.15, 0.2) is 5.81 Å². The molecule has 1 amide bonds. The molecule has 0 aliphatic rings. The number of nitrogens with zero attached hydrogens (tertiary/aromatic N) is 2. The first-order chi connectivity index (χ1) is 5.61. The van der Waals surface area contributed by atoms with E-state index in [4.69, 9.17) is 7.85 Å². The highest BCUT2D eigenvalue weighted by Gasteiger charge is 2.04. The lowest BCUT2D eigenvalue weighted by atomic mass is 10.1. The van der Waals surface area contributed by atoms with Gasteiger partial charge in [-0.1, -0.05) is 6.07 Å². The van der Waals surface area contributed by atoms with Crippen molar-refractivity contribution in [3.63, 3.8) is 0 Å². The van der Waals surface area contributed by atoms with Gasteiger partial charge >= 0.3 is 0 Å². The summed E-state index contributed by atoms with van der Waals surface area (Å²) in [5.41, 5.74) is 1.05. The lowest BCUT2D eigenvalue weighted by molar-refractivity contribution is 0.265. The first kappa shape index (κ1) is 8.78. The van der Waals surface area contributed by atoms with E-state index < -0.39 is 5.81 Å². The molecule has 0 aliphatic carbocycles. The standard InChI is InChI=1S/C8H9BN2O/c1-6-3-4-7(10-5-6)11(2)8(9)12/h3-5H,1-2H3. The van der Waals surface area contributed by atoms with Gasteiger partial charge in [0.1, 0.15) is 5.82 Å². The van der Waals surface area contributed by atoms with Crippen LogP contribution in [0.2, 0.25) is 0 Å². The first-order valence-electron chi connectivity index (χ1n) is 3.57. The van der Waals surface area contributed by atoms with Crippen molar-refractivity contribution in [1.82, 2.24) is 4.98 Å². The molecule has 1 rings (SSSR count). The highest BCUT2D eigenvalue weighted by atomic mass is 16.1.